The van der Waals surface area contributed by atoms with E-state index in [4.69, 9.17) is 4.74 Å². The molecule has 1 aliphatic heterocycles. The SMILES string of the molecule is Cc1ccc2c(c1)C1(CC2)CC(=O)CCO1. The van der Waals surface area contributed by atoms with Gasteiger partial charge in [-0.05, 0) is 30.9 Å². The Kier molecular flexibility index (Phi) is 2.15. The average molecular weight is 216 g/mol. The Morgan fingerprint density at radius 2 is 2.19 bits per heavy atom. The number of carbonyl (C=O) groups excluding carboxylic acids is 1. The summed E-state index contributed by atoms with van der Waals surface area (Å²) in [5.41, 5.74) is 3.60. The van der Waals surface area contributed by atoms with Gasteiger partial charge in [-0.2, -0.15) is 0 Å². The van der Waals surface area contributed by atoms with E-state index in [-0.39, 0.29) is 5.60 Å². The van der Waals surface area contributed by atoms with E-state index in [1.165, 1.54) is 16.7 Å². The van der Waals surface area contributed by atoms with Crippen molar-refractivity contribution in [2.75, 3.05) is 6.61 Å². The quantitative estimate of drug-likeness (QED) is 0.666. The highest BCUT2D eigenvalue weighted by atomic mass is 16.5. The molecular weight excluding hydrogens is 200 g/mol. The minimum absolute atomic E-state index is 0.281. The third kappa shape index (κ3) is 1.40. The predicted octanol–water partition coefficient (Wildman–Crippen LogP) is 2.52. The summed E-state index contributed by atoms with van der Waals surface area (Å²) in [7, 11) is 0. The van der Waals surface area contributed by atoms with Crippen LogP contribution in [-0.2, 0) is 21.6 Å². The molecule has 0 amide bonds. The summed E-state index contributed by atoms with van der Waals surface area (Å²) in [5.74, 6) is 0.348. The van der Waals surface area contributed by atoms with Crippen LogP contribution in [0, 0.1) is 6.92 Å². The van der Waals surface area contributed by atoms with E-state index in [1.807, 2.05) is 0 Å². The molecular formula is C14H16O2. The number of hydrogen-bond acceptors (Lipinski definition) is 2. The topological polar surface area (TPSA) is 26.3 Å². The van der Waals surface area contributed by atoms with Gasteiger partial charge in [-0.15, -0.1) is 0 Å². The Balaban J connectivity index is 2.06. The maximum Gasteiger partial charge on any atom is 0.138 e. The van der Waals surface area contributed by atoms with Crippen LogP contribution in [-0.4, -0.2) is 12.4 Å². The van der Waals surface area contributed by atoms with Crippen molar-refractivity contribution in [1.82, 2.24) is 0 Å². The lowest BCUT2D eigenvalue weighted by atomic mass is 9.87. The van der Waals surface area contributed by atoms with Crippen LogP contribution in [0.1, 0.15) is 36.0 Å². The highest BCUT2D eigenvalue weighted by Gasteiger charge is 2.43. The monoisotopic (exact) mass is 216 g/mol. The Bertz CT molecular complexity index is 446. The van der Waals surface area contributed by atoms with Crippen molar-refractivity contribution >= 4 is 5.78 Å². The molecule has 0 bridgehead atoms. The highest BCUT2D eigenvalue weighted by Crippen LogP contribution is 2.45. The molecule has 3 rings (SSSR count). The number of fused-ring (bicyclic) bond motifs is 2. The molecule has 2 heteroatoms. The van der Waals surface area contributed by atoms with Crippen molar-refractivity contribution in [2.45, 2.75) is 38.2 Å². The van der Waals surface area contributed by atoms with Gasteiger partial charge in [0, 0.05) is 12.8 Å². The lowest BCUT2D eigenvalue weighted by Gasteiger charge is -2.34. The van der Waals surface area contributed by atoms with Crippen LogP contribution in [0.3, 0.4) is 0 Å². The van der Waals surface area contributed by atoms with Gasteiger partial charge < -0.3 is 4.74 Å². The van der Waals surface area contributed by atoms with Gasteiger partial charge in [0.25, 0.3) is 0 Å². The Morgan fingerprint density at radius 1 is 1.31 bits per heavy atom. The second-order valence-electron chi connectivity index (χ2n) is 4.97. The van der Waals surface area contributed by atoms with Crippen LogP contribution >= 0.6 is 0 Å². The number of rotatable bonds is 0. The van der Waals surface area contributed by atoms with Gasteiger partial charge in [-0.25, -0.2) is 0 Å². The van der Waals surface area contributed by atoms with Crippen LogP contribution < -0.4 is 0 Å². The molecule has 1 spiro atoms. The zero-order valence-corrected chi connectivity index (χ0v) is 9.58. The number of hydrogen-bond donors (Lipinski definition) is 0. The first-order chi connectivity index (χ1) is 7.70. The Hall–Kier alpha value is -1.15. The number of ketones is 1. The maximum absolute atomic E-state index is 11.6. The largest absolute Gasteiger partial charge is 0.369 e. The lowest BCUT2D eigenvalue weighted by Crippen LogP contribution is -2.35. The van der Waals surface area contributed by atoms with E-state index < -0.39 is 0 Å². The zero-order chi connectivity index (χ0) is 11.2. The van der Waals surface area contributed by atoms with Crippen molar-refractivity contribution in [3.63, 3.8) is 0 Å². The normalized spacial score (nSPS) is 28.4. The summed E-state index contributed by atoms with van der Waals surface area (Å²) in [6.07, 6.45) is 3.17. The van der Waals surface area contributed by atoms with Crippen molar-refractivity contribution in [1.29, 1.82) is 0 Å². The molecule has 0 saturated carbocycles. The summed E-state index contributed by atoms with van der Waals surface area (Å²) in [4.78, 5) is 11.6. The van der Waals surface area contributed by atoms with Crippen molar-refractivity contribution in [2.24, 2.45) is 0 Å². The molecule has 2 aliphatic rings. The van der Waals surface area contributed by atoms with Crippen molar-refractivity contribution in [3.05, 3.63) is 34.9 Å². The summed E-state index contributed by atoms with van der Waals surface area (Å²) in [5, 5.41) is 0. The minimum Gasteiger partial charge on any atom is -0.369 e. The summed E-state index contributed by atoms with van der Waals surface area (Å²) in [6, 6.07) is 6.52. The standard InChI is InChI=1S/C14H16O2/c1-10-2-3-11-4-6-14(13(11)8-10)9-12(15)5-7-16-14/h2-3,8H,4-7,9H2,1H3. The molecule has 1 aliphatic carbocycles. The molecule has 1 aromatic rings. The third-order valence-corrected chi connectivity index (χ3v) is 3.80. The number of aryl methyl sites for hydroxylation is 2. The molecule has 0 aromatic heterocycles. The molecule has 1 aromatic carbocycles. The number of benzene rings is 1. The number of carbonyl (C=O) groups is 1. The highest BCUT2D eigenvalue weighted by molar-refractivity contribution is 5.80. The van der Waals surface area contributed by atoms with E-state index in [0.717, 1.165) is 12.8 Å². The molecule has 0 radical (unpaired) electrons. The first kappa shape index (κ1) is 10.0. The molecule has 1 atom stereocenters. The van der Waals surface area contributed by atoms with Crippen LogP contribution in [0.2, 0.25) is 0 Å². The van der Waals surface area contributed by atoms with Gasteiger partial charge >= 0.3 is 0 Å². The van der Waals surface area contributed by atoms with Crippen molar-refractivity contribution in [3.8, 4) is 0 Å². The van der Waals surface area contributed by atoms with Gasteiger partial charge in [0.1, 0.15) is 11.4 Å². The first-order valence-electron chi connectivity index (χ1n) is 5.95. The van der Waals surface area contributed by atoms with E-state index in [2.05, 4.69) is 25.1 Å². The smallest absolute Gasteiger partial charge is 0.138 e. The van der Waals surface area contributed by atoms with E-state index in [9.17, 15) is 4.79 Å². The van der Waals surface area contributed by atoms with Crippen LogP contribution in [0.4, 0.5) is 0 Å². The van der Waals surface area contributed by atoms with Gasteiger partial charge in [0.2, 0.25) is 0 Å². The minimum atomic E-state index is -0.281. The van der Waals surface area contributed by atoms with Crippen molar-refractivity contribution < 1.29 is 9.53 Å². The average Bonchev–Trinajstić information content (AvgIpc) is 2.58. The second-order valence-corrected chi connectivity index (χ2v) is 4.97. The Labute approximate surface area is 95.6 Å². The van der Waals surface area contributed by atoms with E-state index >= 15 is 0 Å². The molecule has 1 fully saturated rings. The van der Waals surface area contributed by atoms with Gasteiger partial charge in [-0.1, -0.05) is 23.8 Å². The molecule has 1 heterocycles. The first-order valence-corrected chi connectivity index (χ1v) is 5.95. The molecule has 1 unspecified atom stereocenters. The molecule has 2 nitrogen and oxygen atoms in total. The summed E-state index contributed by atoms with van der Waals surface area (Å²) >= 11 is 0. The summed E-state index contributed by atoms with van der Waals surface area (Å²) in [6.45, 7) is 2.68. The van der Waals surface area contributed by atoms with E-state index in [1.54, 1.807) is 0 Å². The molecule has 84 valence electrons. The number of Topliss-reactive ketones (excluding diaryl/α,β-unsaturated/α-hetero) is 1. The second kappa shape index (κ2) is 3.42. The fraction of sp³-hybridized carbons (Fsp3) is 0.500. The van der Waals surface area contributed by atoms with Gasteiger partial charge in [0.05, 0.1) is 6.61 Å². The van der Waals surface area contributed by atoms with E-state index in [0.29, 0.717) is 25.2 Å². The molecule has 1 saturated heterocycles. The van der Waals surface area contributed by atoms with Crippen LogP contribution in [0.25, 0.3) is 0 Å². The zero-order valence-electron chi connectivity index (χ0n) is 9.58. The fourth-order valence-electron chi connectivity index (χ4n) is 2.96. The lowest BCUT2D eigenvalue weighted by molar-refractivity contribution is -0.141. The van der Waals surface area contributed by atoms with Crippen LogP contribution in [0.15, 0.2) is 18.2 Å². The summed E-state index contributed by atoms with van der Waals surface area (Å²) < 4.78 is 5.96. The number of ether oxygens (including phenoxy) is 1. The Morgan fingerprint density at radius 3 is 3.00 bits per heavy atom. The fourth-order valence-corrected chi connectivity index (χ4v) is 2.96. The maximum atomic E-state index is 11.6. The van der Waals surface area contributed by atoms with Gasteiger partial charge in [-0.3, -0.25) is 4.79 Å². The molecule has 0 N–H and O–H groups in total. The molecule has 16 heavy (non-hydrogen) atoms. The third-order valence-electron chi connectivity index (χ3n) is 3.80. The predicted molar refractivity (Wildman–Crippen MR) is 61.4 cm³/mol. The van der Waals surface area contributed by atoms with Crippen LogP contribution in [0.5, 0.6) is 0 Å². The van der Waals surface area contributed by atoms with Gasteiger partial charge in [0.15, 0.2) is 0 Å².